The van der Waals surface area contributed by atoms with Gasteiger partial charge in [-0.2, -0.15) is 0 Å². The standard InChI is InChI=1S/C21H31N3O2.ClH/c1-2-3-5-16-7-9-19(10-8-16)24-15-18(12-20(24)25)21(26)23-14-17-6-4-11-22-13-17;/h7-10,17-18,22H,2-6,11-15H2,1H3,(H,23,26);1H. The van der Waals surface area contributed by atoms with Gasteiger partial charge in [0.1, 0.15) is 0 Å². The third-order valence-electron chi connectivity index (χ3n) is 5.53. The molecule has 0 bridgehead atoms. The molecule has 2 fully saturated rings. The van der Waals surface area contributed by atoms with Gasteiger partial charge in [0.15, 0.2) is 0 Å². The number of benzene rings is 1. The van der Waals surface area contributed by atoms with Crippen LogP contribution in [0.5, 0.6) is 0 Å². The molecule has 5 nitrogen and oxygen atoms in total. The van der Waals surface area contributed by atoms with E-state index < -0.39 is 0 Å². The van der Waals surface area contributed by atoms with Gasteiger partial charge in [0.2, 0.25) is 11.8 Å². The molecule has 1 aromatic carbocycles. The number of anilines is 1. The molecule has 0 radical (unpaired) electrons. The van der Waals surface area contributed by atoms with E-state index in [9.17, 15) is 9.59 Å². The number of nitrogens with zero attached hydrogens (tertiary/aromatic N) is 1. The molecule has 2 amide bonds. The quantitative estimate of drug-likeness (QED) is 0.748. The minimum absolute atomic E-state index is 0. The van der Waals surface area contributed by atoms with Gasteiger partial charge in [0.25, 0.3) is 0 Å². The lowest BCUT2D eigenvalue weighted by Crippen LogP contribution is -2.40. The highest BCUT2D eigenvalue weighted by Gasteiger charge is 2.35. The molecular weight excluding hydrogens is 362 g/mol. The SMILES string of the molecule is CCCCc1ccc(N2CC(C(=O)NCC3CCCNC3)CC2=O)cc1.Cl. The van der Waals surface area contributed by atoms with Crippen LogP contribution >= 0.6 is 12.4 Å². The average Bonchev–Trinajstić information content (AvgIpc) is 3.07. The van der Waals surface area contributed by atoms with Crippen molar-refractivity contribution in [2.45, 2.75) is 45.4 Å². The van der Waals surface area contributed by atoms with Crippen LogP contribution in [0.2, 0.25) is 0 Å². The smallest absolute Gasteiger partial charge is 0.227 e. The summed E-state index contributed by atoms with van der Waals surface area (Å²) >= 11 is 0. The lowest BCUT2D eigenvalue weighted by atomic mass is 9.99. The van der Waals surface area contributed by atoms with E-state index in [1.807, 2.05) is 12.1 Å². The zero-order chi connectivity index (χ0) is 18.4. The molecule has 2 heterocycles. The molecule has 150 valence electrons. The Morgan fingerprint density at radius 2 is 2.07 bits per heavy atom. The van der Waals surface area contributed by atoms with E-state index in [1.165, 1.54) is 24.8 Å². The number of rotatable bonds is 7. The Morgan fingerprint density at radius 3 is 2.74 bits per heavy atom. The number of carbonyl (C=O) groups excluding carboxylic acids is 2. The molecule has 0 aromatic heterocycles. The first-order valence-corrected chi connectivity index (χ1v) is 10.0. The fourth-order valence-corrected chi connectivity index (χ4v) is 3.84. The first-order valence-electron chi connectivity index (χ1n) is 10.0. The van der Waals surface area contributed by atoms with Crippen molar-refractivity contribution in [1.82, 2.24) is 10.6 Å². The number of amides is 2. The number of hydrogen-bond acceptors (Lipinski definition) is 3. The van der Waals surface area contributed by atoms with Gasteiger partial charge >= 0.3 is 0 Å². The third kappa shape index (κ3) is 5.94. The maximum atomic E-state index is 12.5. The summed E-state index contributed by atoms with van der Waals surface area (Å²) in [7, 11) is 0. The van der Waals surface area contributed by atoms with Crippen LogP contribution in [0.4, 0.5) is 5.69 Å². The van der Waals surface area contributed by atoms with E-state index in [1.54, 1.807) is 4.90 Å². The molecule has 2 saturated heterocycles. The van der Waals surface area contributed by atoms with Crippen LogP contribution in [0.3, 0.4) is 0 Å². The summed E-state index contributed by atoms with van der Waals surface area (Å²) in [5.41, 5.74) is 2.21. The number of carbonyl (C=O) groups is 2. The van der Waals surface area contributed by atoms with Gasteiger partial charge in [-0.05, 0) is 62.4 Å². The van der Waals surface area contributed by atoms with Crippen molar-refractivity contribution in [1.29, 1.82) is 0 Å². The Bertz CT molecular complexity index is 614. The Balaban J connectivity index is 0.00000261. The summed E-state index contributed by atoms with van der Waals surface area (Å²) in [5, 5.41) is 6.43. The fraction of sp³-hybridized carbons (Fsp3) is 0.619. The van der Waals surface area contributed by atoms with E-state index in [0.717, 1.165) is 31.6 Å². The second kappa shape index (κ2) is 10.7. The summed E-state index contributed by atoms with van der Waals surface area (Å²) in [5.74, 6) is 0.340. The molecule has 0 saturated carbocycles. The van der Waals surface area contributed by atoms with Crippen molar-refractivity contribution in [2.75, 3.05) is 31.1 Å². The molecule has 3 rings (SSSR count). The monoisotopic (exact) mass is 393 g/mol. The van der Waals surface area contributed by atoms with E-state index in [0.29, 0.717) is 25.4 Å². The van der Waals surface area contributed by atoms with Crippen molar-refractivity contribution in [2.24, 2.45) is 11.8 Å². The zero-order valence-electron chi connectivity index (χ0n) is 16.2. The maximum absolute atomic E-state index is 12.5. The fourth-order valence-electron chi connectivity index (χ4n) is 3.84. The number of aryl methyl sites for hydroxylation is 1. The summed E-state index contributed by atoms with van der Waals surface area (Å²) < 4.78 is 0. The Morgan fingerprint density at radius 1 is 1.30 bits per heavy atom. The molecule has 2 aliphatic heterocycles. The van der Waals surface area contributed by atoms with Crippen LogP contribution in [-0.4, -0.2) is 38.0 Å². The maximum Gasteiger partial charge on any atom is 0.227 e. The van der Waals surface area contributed by atoms with Crippen LogP contribution in [-0.2, 0) is 16.0 Å². The molecule has 2 unspecified atom stereocenters. The highest BCUT2D eigenvalue weighted by Crippen LogP contribution is 2.26. The van der Waals surface area contributed by atoms with Gasteiger partial charge < -0.3 is 15.5 Å². The molecule has 1 aromatic rings. The number of piperidine rings is 1. The summed E-state index contributed by atoms with van der Waals surface area (Å²) in [4.78, 5) is 26.6. The molecule has 0 aliphatic carbocycles. The van der Waals surface area contributed by atoms with Crippen molar-refractivity contribution in [3.8, 4) is 0 Å². The molecule has 6 heteroatoms. The van der Waals surface area contributed by atoms with Crippen LogP contribution < -0.4 is 15.5 Å². The van der Waals surface area contributed by atoms with Crippen LogP contribution in [0.1, 0.15) is 44.6 Å². The average molecular weight is 394 g/mol. The topological polar surface area (TPSA) is 61.4 Å². The van der Waals surface area contributed by atoms with E-state index in [4.69, 9.17) is 0 Å². The number of unbranched alkanes of at least 4 members (excludes halogenated alkanes) is 1. The molecular formula is C21H32ClN3O2. The number of hydrogen-bond donors (Lipinski definition) is 2. The largest absolute Gasteiger partial charge is 0.355 e. The van der Waals surface area contributed by atoms with Gasteiger partial charge in [-0.1, -0.05) is 25.5 Å². The van der Waals surface area contributed by atoms with E-state index in [-0.39, 0.29) is 30.1 Å². The number of halogens is 1. The highest BCUT2D eigenvalue weighted by atomic mass is 35.5. The van der Waals surface area contributed by atoms with Gasteiger partial charge in [0.05, 0.1) is 5.92 Å². The molecule has 0 spiro atoms. The lowest BCUT2D eigenvalue weighted by Gasteiger charge is -2.23. The Kier molecular flexibility index (Phi) is 8.58. The molecule has 2 N–H and O–H groups in total. The summed E-state index contributed by atoms with van der Waals surface area (Å²) in [6.07, 6.45) is 6.08. The second-order valence-electron chi connectivity index (χ2n) is 7.63. The predicted octanol–water partition coefficient (Wildman–Crippen LogP) is 2.92. The van der Waals surface area contributed by atoms with Crippen molar-refractivity contribution in [3.63, 3.8) is 0 Å². The van der Waals surface area contributed by atoms with Gasteiger partial charge in [-0.15, -0.1) is 12.4 Å². The summed E-state index contributed by atoms with van der Waals surface area (Å²) in [6.45, 7) is 5.44. The van der Waals surface area contributed by atoms with Gasteiger partial charge in [-0.3, -0.25) is 9.59 Å². The minimum Gasteiger partial charge on any atom is -0.355 e. The van der Waals surface area contributed by atoms with E-state index >= 15 is 0 Å². The van der Waals surface area contributed by atoms with Crippen LogP contribution in [0, 0.1) is 11.8 Å². The molecule has 27 heavy (non-hydrogen) atoms. The number of nitrogens with one attached hydrogen (secondary N) is 2. The molecule has 2 atom stereocenters. The van der Waals surface area contributed by atoms with Gasteiger partial charge in [0, 0.05) is 25.2 Å². The van der Waals surface area contributed by atoms with Crippen molar-refractivity contribution in [3.05, 3.63) is 29.8 Å². The van der Waals surface area contributed by atoms with Crippen LogP contribution in [0.15, 0.2) is 24.3 Å². The van der Waals surface area contributed by atoms with Crippen LogP contribution in [0.25, 0.3) is 0 Å². The third-order valence-corrected chi connectivity index (χ3v) is 5.53. The van der Waals surface area contributed by atoms with Crippen molar-refractivity contribution < 1.29 is 9.59 Å². The predicted molar refractivity (Wildman–Crippen MR) is 111 cm³/mol. The molecule has 2 aliphatic rings. The summed E-state index contributed by atoms with van der Waals surface area (Å²) in [6, 6.07) is 8.22. The van der Waals surface area contributed by atoms with Crippen molar-refractivity contribution >= 4 is 29.9 Å². The normalized spacial score (nSPS) is 22.4. The zero-order valence-corrected chi connectivity index (χ0v) is 17.0. The first-order chi connectivity index (χ1) is 12.7. The lowest BCUT2D eigenvalue weighted by molar-refractivity contribution is -0.126. The highest BCUT2D eigenvalue weighted by molar-refractivity contribution is 6.00. The Labute approximate surface area is 168 Å². The minimum atomic E-state index is -0.237. The first kappa shape index (κ1) is 21.7. The van der Waals surface area contributed by atoms with E-state index in [2.05, 4.69) is 29.7 Å². The van der Waals surface area contributed by atoms with Gasteiger partial charge in [-0.25, -0.2) is 0 Å². The second-order valence-corrected chi connectivity index (χ2v) is 7.63. The Hall–Kier alpha value is -1.59.